The molecule has 0 spiro atoms. The van der Waals surface area contributed by atoms with Crippen LogP contribution >= 0.6 is 0 Å². The molecule has 0 saturated heterocycles. The van der Waals surface area contributed by atoms with Crippen LogP contribution in [-0.2, 0) is 0 Å². The van der Waals surface area contributed by atoms with Crippen molar-refractivity contribution in [2.24, 2.45) is 5.92 Å². The minimum atomic E-state index is -0.288. The molecule has 23 heavy (non-hydrogen) atoms. The average molecular weight is 309 g/mol. The predicted molar refractivity (Wildman–Crippen MR) is 90.6 cm³/mol. The zero-order valence-corrected chi connectivity index (χ0v) is 13.1. The molecule has 1 aliphatic carbocycles. The summed E-state index contributed by atoms with van der Waals surface area (Å²) in [6.07, 6.45) is 11.9. The Bertz CT molecular complexity index is 795. The van der Waals surface area contributed by atoms with E-state index in [0.29, 0.717) is 22.4 Å². The summed E-state index contributed by atoms with van der Waals surface area (Å²) in [6.45, 7) is 0.872. The number of aromatic nitrogens is 1. The predicted octanol–water partition coefficient (Wildman–Crippen LogP) is 4.00. The average Bonchev–Trinajstić information content (AvgIpc) is 3.00. The lowest BCUT2D eigenvalue weighted by Gasteiger charge is -2.26. The molecule has 2 aromatic rings. The molecular formula is C19H20FN3. The van der Waals surface area contributed by atoms with Crippen LogP contribution in [0.3, 0.4) is 0 Å². The SMILES string of the molecule is CNCCC(c1cc(F)c2[nH]cc(C#N)c2c1)[C@@H]1C=CC=CC1. The molecule has 4 heteroatoms. The lowest BCUT2D eigenvalue weighted by molar-refractivity contribution is 0.467. The first kappa shape index (κ1) is 15.5. The van der Waals surface area contributed by atoms with Crippen LogP contribution in [-0.4, -0.2) is 18.6 Å². The van der Waals surface area contributed by atoms with E-state index < -0.39 is 0 Å². The second kappa shape index (κ2) is 6.80. The summed E-state index contributed by atoms with van der Waals surface area (Å²) in [6, 6.07) is 5.72. The molecule has 0 fully saturated rings. The summed E-state index contributed by atoms with van der Waals surface area (Å²) in [4.78, 5) is 2.86. The van der Waals surface area contributed by atoms with Gasteiger partial charge in [-0.1, -0.05) is 24.3 Å². The van der Waals surface area contributed by atoms with Gasteiger partial charge in [0.2, 0.25) is 0 Å². The summed E-state index contributed by atoms with van der Waals surface area (Å²) < 4.78 is 14.5. The molecule has 3 nitrogen and oxygen atoms in total. The summed E-state index contributed by atoms with van der Waals surface area (Å²) >= 11 is 0. The maximum Gasteiger partial charge on any atom is 0.147 e. The van der Waals surface area contributed by atoms with E-state index in [-0.39, 0.29) is 11.7 Å². The topological polar surface area (TPSA) is 51.6 Å². The number of fused-ring (bicyclic) bond motifs is 1. The van der Waals surface area contributed by atoms with Gasteiger partial charge in [0.05, 0.1) is 11.1 Å². The Morgan fingerprint density at radius 1 is 1.43 bits per heavy atom. The first-order chi connectivity index (χ1) is 11.2. The van der Waals surface area contributed by atoms with Gasteiger partial charge in [-0.2, -0.15) is 5.26 Å². The highest BCUT2D eigenvalue weighted by molar-refractivity contribution is 5.86. The Kier molecular flexibility index (Phi) is 4.59. The fourth-order valence-corrected chi connectivity index (χ4v) is 3.34. The normalized spacial score (nSPS) is 18.2. The molecule has 0 bridgehead atoms. The number of rotatable bonds is 5. The third kappa shape index (κ3) is 3.06. The molecule has 1 aliphatic rings. The maximum absolute atomic E-state index is 14.5. The van der Waals surface area contributed by atoms with E-state index >= 15 is 0 Å². The van der Waals surface area contributed by atoms with Crippen LogP contribution < -0.4 is 5.32 Å². The largest absolute Gasteiger partial charge is 0.357 e. The van der Waals surface area contributed by atoms with Crippen molar-refractivity contribution in [1.82, 2.24) is 10.3 Å². The third-order valence-corrected chi connectivity index (χ3v) is 4.55. The Hall–Kier alpha value is -2.38. The van der Waals surface area contributed by atoms with E-state index in [1.807, 2.05) is 13.1 Å². The van der Waals surface area contributed by atoms with Crippen LogP contribution in [0.2, 0.25) is 0 Å². The van der Waals surface area contributed by atoms with Crippen molar-refractivity contribution >= 4 is 10.9 Å². The van der Waals surface area contributed by atoms with E-state index in [9.17, 15) is 9.65 Å². The highest BCUT2D eigenvalue weighted by Crippen LogP contribution is 2.36. The van der Waals surface area contributed by atoms with Gasteiger partial charge in [-0.05, 0) is 56.0 Å². The van der Waals surface area contributed by atoms with Crippen LogP contribution in [0.4, 0.5) is 4.39 Å². The number of benzene rings is 1. The monoisotopic (exact) mass is 309 g/mol. The first-order valence-electron chi connectivity index (χ1n) is 7.93. The Morgan fingerprint density at radius 2 is 2.30 bits per heavy atom. The fraction of sp³-hybridized carbons (Fsp3) is 0.316. The van der Waals surface area contributed by atoms with E-state index in [2.05, 4.69) is 40.7 Å². The quantitative estimate of drug-likeness (QED) is 0.877. The lowest BCUT2D eigenvalue weighted by Crippen LogP contribution is -2.18. The second-order valence-electron chi connectivity index (χ2n) is 5.95. The summed E-state index contributed by atoms with van der Waals surface area (Å²) in [5, 5.41) is 13.1. The van der Waals surface area contributed by atoms with Crippen LogP contribution in [0.25, 0.3) is 10.9 Å². The van der Waals surface area contributed by atoms with E-state index in [4.69, 9.17) is 0 Å². The number of hydrogen-bond acceptors (Lipinski definition) is 2. The van der Waals surface area contributed by atoms with Gasteiger partial charge in [-0.3, -0.25) is 0 Å². The number of hydrogen-bond donors (Lipinski definition) is 2. The molecular weight excluding hydrogens is 289 g/mol. The van der Waals surface area contributed by atoms with Crippen molar-refractivity contribution in [1.29, 1.82) is 5.26 Å². The number of nitrogens with one attached hydrogen (secondary N) is 2. The van der Waals surface area contributed by atoms with Crippen LogP contribution in [0.1, 0.15) is 29.9 Å². The van der Waals surface area contributed by atoms with E-state index in [1.165, 1.54) is 0 Å². The van der Waals surface area contributed by atoms with Crippen LogP contribution in [0, 0.1) is 23.1 Å². The van der Waals surface area contributed by atoms with Crippen LogP contribution in [0.15, 0.2) is 42.6 Å². The van der Waals surface area contributed by atoms with Gasteiger partial charge in [-0.25, -0.2) is 4.39 Å². The van der Waals surface area contributed by atoms with Crippen molar-refractivity contribution < 1.29 is 4.39 Å². The molecule has 118 valence electrons. The fourth-order valence-electron chi connectivity index (χ4n) is 3.34. The summed E-state index contributed by atoms with van der Waals surface area (Å²) in [5.41, 5.74) is 1.87. The number of H-pyrrole nitrogens is 1. The number of nitrogens with zero attached hydrogens (tertiary/aromatic N) is 1. The van der Waals surface area contributed by atoms with Gasteiger partial charge >= 0.3 is 0 Å². The Balaban J connectivity index is 2.04. The van der Waals surface area contributed by atoms with Gasteiger partial charge in [0, 0.05) is 11.6 Å². The first-order valence-corrected chi connectivity index (χ1v) is 7.93. The van der Waals surface area contributed by atoms with E-state index in [1.54, 1.807) is 12.3 Å². The lowest BCUT2D eigenvalue weighted by atomic mass is 9.79. The van der Waals surface area contributed by atoms with Crippen molar-refractivity contribution in [2.45, 2.75) is 18.8 Å². The minimum Gasteiger partial charge on any atom is -0.357 e. The zero-order chi connectivity index (χ0) is 16.2. The molecule has 3 rings (SSSR count). The van der Waals surface area contributed by atoms with Crippen molar-refractivity contribution in [2.75, 3.05) is 13.6 Å². The standard InChI is InChI=1S/C19H20FN3/c1-22-8-7-16(13-5-3-2-4-6-13)14-9-17-15(11-21)12-23-19(17)18(20)10-14/h2-5,9-10,12-13,16,22-23H,6-8H2,1H3/t13-,16?/m1/s1. The number of nitriles is 1. The van der Waals surface area contributed by atoms with Gasteiger partial charge in [-0.15, -0.1) is 0 Å². The van der Waals surface area contributed by atoms with Gasteiger partial charge in [0.25, 0.3) is 0 Å². The molecule has 0 radical (unpaired) electrons. The van der Waals surface area contributed by atoms with Gasteiger partial charge in [0.15, 0.2) is 0 Å². The molecule has 1 unspecified atom stereocenters. The highest BCUT2D eigenvalue weighted by Gasteiger charge is 2.23. The maximum atomic E-state index is 14.5. The Labute approximate surface area is 135 Å². The zero-order valence-electron chi connectivity index (χ0n) is 13.1. The molecule has 1 aromatic carbocycles. The van der Waals surface area contributed by atoms with E-state index in [0.717, 1.165) is 24.9 Å². The molecule has 1 aromatic heterocycles. The van der Waals surface area contributed by atoms with Gasteiger partial charge in [0.1, 0.15) is 11.9 Å². The van der Waals surface area contributed by atoms with Crippen molar-refractivity contribution in [3.05, 3.63) is 59.6 Å². The molecule has 0 saturated carbocycles. The number of aromatic amines is 1. The Morgan fingerprint density at radius 3 is 3.00 bits per heavy atom. The van der Waals surface area contributed by atoms with Crippen LogP contribution in [0.5, 0.6) is 0 Å². The smallest absolute Gasteiger partial charge is 0.147 e. The number of halogens is 1. The molecule has 0 aliphatic heterocycles. The van der Waals surface area contributed by atoms with Crippen molar-refractivity contribution in [3.8, 4) is 6.07 Å². The van der Waals surface area contributed by atoms with Gasteiger partial charge < -0.3 is 10.3 Å². The molecule has 2 atom stereocenters. The molecule has 1 heterocycles. The summed E-state index contributed by atoms with van der Waals surface area (Å²) in [7, 11) is 1.93. The second-order valence-corrected chi connectivity index (χ2v) is 5.95. The summed E-state index contributed by atoms with van der Waals surface area (Å²) in [5.74, 6) is 0.294. The van der Waals surface area contributed by atoms with Crippen molar-refractivity contribution in [3.63, 3.8) is 0 Å². The minimum absolute atomic E-state index is 0.226. The number of allylic oxidation sites excluding steroid dienone is 4. The molecule has 0 amide bonds. The third-order valence-electron chi connectivity index (χ3n) is 4.55. The molecule has 2 N–H and O–H groups in total. The highest BCUT2D eigenvalue weighted by atomic mass is 19.1.